The number of halogens is 2. The highest BCUT2D eigenvalue weighted by molar-refractivity contribution is 6.32. The monoisotopic (exact) mass is 242 g/mol. The Labute approximate surface area is 95.3 Å². The molecule has 0 spiro atoms. The van der Waals surface area contributed by atoms with Crippen LogP contribution >= 0.6 is 11.6 Å². The second-order valence-electron chi connectivity index (χ2n) is 3.32. The quantitative estimate of drug-likeness (QED) is 0.897. The third-order valence-corrected chi connectivity index (χ3v) is 2.47. The van der Waals surface area contributed by atoms with Gasteiger partial charge in [-0.25, -0.2) is 9.37 Å². The Morgan fingerprint density at radius 1 is 1.56 bits per heavy atom. The van der Waals surface area contributed by atoms with Crippen LogP contribution < -0.4 is 0 Å². The van der Waals surface area contributed by atoms with Gasteiger partial charge in [0.1, 0.15) is 11.6 Å². The van der Waals surface area contributed by atoms with Gasteiger partial charge in [-0.2, -0.15) is 0 Å². The Bertz CT molecular complexity index is 553. The average molecular weight is 243 g/mol. The van der Waals surface area contributed by atoms with Gasteiger partial charge in [-0.15, -0.1) is 0 Å². The number of carboxylic acids is 1. The Kier molecular flexibility index (Phi) is 2.78. The molecule has 0 amide bonds. The van der Waals surface area contributed by atoms with Crippen molar-refractivity contribution in [2.75, 3.05) is 0 Å². The highest BCUT2D eigenvalue weighted by Crippen LogP contribution is 2.19. The van der Waals surface area contributed by atoms with E-state index in [1.54, 1.807) is 0 Å². The number of aromatic nitrogens is 2. The number of hydrogen-bond donors (Lipinski definition) is 1. The minimum atomic E-state index is -0.927. The lowest BCUT2D eigenvalue weighted by atomic mass is 10.3. The van der Waals surface area contributed by atoms with Crippen molar-refractivity contribution >= 4 is 23.1 Å². The molecular weight excluding hydrogens is 235 g/mol. The number of aryl methyl sites for hydroxylation is 1. The van der Waals surface area contributed by atoms with Crippen molar-refractivity contribution in [3.05, 3.63) is 35.1 Å². The van der Waals surface area contributed by atoms with Gasteiger partial charge in [0.15, 0.2) is 5.15 Å². The highest BCUT2D eigenvalue weighted by Gasteiger charge is 2.11. The summed E-state index contributed by atoms with van der Waals surface area (Å²) in [6.07, 6.45) is 1.39. The van der Waals surface area contributed by atoms with Crippen molar-refractivity contribution in [2.24, 2.45) is 0 Å². The van der Waals surface area contributed by atoms with Gasteiger partial charge >= 0.3 is 5.97 Å². The van der Waals surface area contributed by atoms with E-state index in [-0.39, 0.29) is 18.0 Å². The summed E-state index contributed by atoms with van der Waals surface area (Å²) in [5, 5.41) is 8.81. The third kappa shape index (κ3) is 1.99. The largest absolute Gasteiger partial charge is 0.481 e. The standard InChI is InChI=1S/C10H8ClFN2O2/c11-10-7-2-1-6(12)5-14(7)8(13-10)3-4-9(15)16/h1-2,5H,3-4H2,(H,15,16). The maximum atomic E-state index is 13.0. The van der Waals surface area contributed by atoms with Crippen LogP contribution in [0.2, 0.25) is 5.15 Å². The maximum absolute atomic E-state index is 13.0. The van der Waals surface area contributed by atoms with Gasteiger partial charge < -0.3 is 5.11 Å². The summed E-state index contributed by atoms with van der Waals surface area (Å²) in [4.78, 5) is 14.4. The second kappa shape index (κ2) is 4.09. The van der Waals surface area contributed by atoms with Crippen LogP contribution in [0.15, 0.2) is 18.3 Å². The fourth-order valence-corrected chi connectivity index (χ4v) is 1.73. The lowest BCUT2D eigenvalue weighted by molar-refractivity contribution is -0.137. The molecule has 6 heteroatoms. The average Bonchev–Trinajstić information content (AvgIpc) is 2.52. The van der Waals surface area contributed by atoms with Gasteiger partial charge in [-0.3, -0.25) is 9.20 Å². The van der Waals surface area contributed by atoms with Gasteiger partial charge in [0.05, 0.1) is 11.9 Å². The van der Waals surface area contributed by atoms with E-state index < -0.39 is 11.8 Å². The van der Waals surface area contributed by atoms with Crippen molar-refractivity contribution < 1.29 is 14.3 Å². The zero-order chi connectivity index (χ0) is 11.7. The highest BCUT2D eigenvalue weighted by atomic mass is 35.5. The molecule has 0 unspecified atom stereocenters. The number of rotatable bonds is 3. The molecule has 0 aliphatic heterocycles. The molecule has 4 nitrogen and oxygen atoms in total. The summed E-state index contributed by atoms with van der Waals surface area (Å²) in [6, 6.07) is 2.79. The van der Waals surface area contributed by atoms with E-state index in [0.29, 0.717) is 11.3 Å². The van der Waals surface area contributed by atoms with Crippen LogP contribution in [0.3, 0.4) is 0 Å². The van der Waals surface area contributed by atoms with Gasteiger partial charge in [0, 0.05) is 12.6 Å². The molecule has 0 atom stereocenters. The number of pyridine rings is 1. The smallest absolute Gasteiger partial charge is 0.303 e. The topological polar surface area (TPSA) is 54.6 Å². The molecule has 0 radical (unpaired) electrons. The predicted molar refractivity (Wildman–Crippen MR) is 56.1 cm³/mol. The molecular formula is C10H8ClFN2O2. The first kappa shape index (κ1) is 10.9. The molecule has 0 fully saturated rings. The van der Waals surface area contributed by atoms with Crippen LogP contribution in [-0.4, -0.2) is 20.5 Å². The van der Waals surface area contributed by atoms with Gasteiger partial charge in [-0.1, -0.05) is 11.6 Å². The lowest BCUT2D eigenvalue weighted by Gasteiger charge is -1.99. The molecule has 2 aromatic rings. The molecule has 2 heterocycles. The number of aliphatic carboxylic acids is 1. The zero-order valence-electron chi connectivity index (χ0n) is 8.15. The van der Waals surface area contributed by atoms with E-state index in [1.807, 2.05) is 0 Å². The number of carboxylic acid groups (broad SMARTS) is 1. The summed E-state index contributed by atoms with van der Waals surface area (Å²) in [5.74, 6) is -0.899. The second-order valence-corrected chi connectivity index (χ2v) is 3.67. The normalized spacial score (nSPS) is 10.9. The van der Waals surface area contributed by atoms with Gasteiger partial charge in [-0.05, 0) is 12.1 Å². The molecule has 2 aromatic heterocycles. The molecule has 0 aliphatic carbocycles. The zero-order valence-corrected chi connectivity index (χ0v) is 8.91. The van der Waals surface area contributed by atoms with E-state index in [9.17, 15) is 9.18 Å². The maximum Gasteiger partial charge on any atom is 0.303 e. The van der Waals surface area contributed by atoms with E-state index >= 15 is 0 Å². The molecule has 2 rings (SSSR count). The number of hydrogen-bond acceptors (Lipinski definition) is 2. The summed E-state index contributed by atoms with van der Waals surface area (Å²) in [6.45, 7) is 0. The minimum Gasteiger partial charge on any atom is -0.481 e. The number of imidazole rings is 1. The molecule has 1 N–H and O–H groups in total. The van der Waals surface area contributed by atoms with E-state index in [2.05, 4.69) is 4.98 Å². The molecule has 0 saturated carbocycles. The van der Waals surface area contributed by atoms with Crippen LogP contribution in [0.4, 0.5) is 4.39 Å². The van der Waals surface area contributed by atoms with Crippen LogP contribution in [0, 0.1) is 5.82 Å². The predicted octanol–water partition coefficient (Wildman–Crippen LogP) is 2.14. The molecule has 0 saturated heterocycles. The minimum absolute atomic E-state index is 0.0635. The SMILES string of the molecule is O=C(O)CCc1nc(Cl)c2ccc(F)cn12. The van der Waals surface area contributed by atoms with Crippen molar-refractivity contribution in [2.45, 2.75) is 12.8 Å². The first-order chi connectivity index (χ1) is 7.58. The molecule has 84 valence electrons. The van der Waals surface area contributed by atoms with E-state index in [4.69, 9.17) is 16.7 Å². The van der Waals surface area contributed by atoms with Crippen molar-refractivity contribution in [1.82, 2.24) is 9.38 Å². The van der Waals surface area contributed by atoms with Gasteiger partial charge in [0.25, 0.3) is 0 Å². The van der Waals surface area contributed by atoms with Crippen molar-refractivity contribution in [1.29, 1.82) is 0 Å². The molecule has 0 bridgehead atoms. The fraction of sp³-hybridized carbons (Fsp3) is 0.200. The van der Waals surface area contributed by atoms with Crippen molar-refractivity contribution in [3.8, 4) is 0 Å². The Morgan fingerprint density at radius 2 is 2.31 bits per heavy atom. The van der Waals surface area contributed by atoms with Crippen LogP contribution in [0.25, 0.3) is 5.52 Å². The summed E-state index contributed by atoms with van der Waals surface area (Å²) < 4.78 is 14.5. The van der Waals surface area contributed by atoms with Crippen LogP contribution in [0.5, 0.6) is 0 Å². The molecule has 16 heavy (non-hydrogen) atoms. The first-order valence-corrected chi connectivity index (χ1v) is 4.99. The third-order valence-electron chi connectivity index (χ3n) is 2.19. The van der Waals surface area contributed by atoms with Crippen LogP contribution in [0.1, 0.15) is 12.2 Å². The number of nitrogens with zero attached hydrogens (tertiary/aromatic N) is 2. The van der Waals surface area contributed by atoms with Crippen LogP contribution in [-0.2, 0) is 11.2 Å². The Balaban J connectivity index is 2.44. The Hall–Kier alpha value is -1.62. The lowest BCUT2D eigenvalue weighted by Crippen LogP contribution is -2.01. The fourth-order valence-electron chi connectivity index (χ4n) is 1.48. The Morgan fingerprint density at radius 3 is 3.00 bits per heavy atom. The number of carbonyl (C=O) groups is 1. The number of fused-ring (bicyclic) bond motifs is 1. The first-order valence-electron chi connectivity index (χ1n) is 4.61. The van der Waals surface area contributed by atoms with Crippen molar-refractivity contribution in [3.63, 3.8) is 0 Å². The molecule has 0 aliphatic rings. The van der Waals surface area contributed by atoms with E-state index in [0.717, 1.165) is 0 Å². The van der Waals surface area contributed by atoms with E-state index in [1.165, 1.54) is 22.7 Å². The van der Waals surface area contributed by atoms with Gasteiger partial charge in [0.2, 0.25) is 0 Å². The summed E-state index contributed by atoms with van der Waals surface area (Å²) in [7, 11) is 0. The molecule has 0 aromatic carbocycles. The summed E-state index contributed by atoms with van der Waals surface area (Å²) >= 11 is 5.84. The summed E-state index contributed by atoms with van der Waals surface area (Å²) in [5.41, 5.74) is 0.573.